The van der Waals surface area contributed by atoms with Crippen LogP contribution in [0, 0.1) is 5.92 Å². The van der Waals surface area contributed by atoms with Crippen LogP contribution in [0.2, 0.25) is 0 Å². The molecule has 6 nitrogen and oxygen atoms in total. The highest BCUT2D eigenvalue weighted by molar-refractivity contribution is 5.94. The highest BCUT2D eigenvalue weighted by Crippen LogP contribution is 2.33. The van der Waals surface area contributed by atoms with E-state index in [1.165, 1.54) is 6.07 Å². The summed E-state index contributed by atoms with van der Waals surface area (Å²) in [5.41, 5.74) is -1.32. The van der Waals surface area contributed by atoms with E-state index >= 15 is 0 Å². The Hall–Kier alpha value is -1.82. The molecule has 0 atom stereocenters. The molecule has 0 spiro atoms. The second kappa shape index (κ2) is 6.30. The number of carbonyl (C=O) groups excluding carboxylic acids is 1. The molecule has 1 aromatic heterocycles. The molecule has 1 aliphatic carbocycles. The van der Waals surface area contributed by atoms with Crippen LogP contribution >= 0.6 is 0 Å². The molecule has 1 amide bonds. The number of pyridine rings is 1. The van der Waals surface area contributed by atoms with E-state index in [2.05, 4.69) is 17.2 Å². The molecule has 4 N–H and O–H groups in total. The molecular weight excluding hydrogens is 272 g/mol. The Labute approximate surface area is 123 Å². The zero-order valence-electron chi connectivity index (χ0n) is 12.2. The number of hydrogen-bond donors (Lipinski definition) is 4. The van der Waals surface area contributed by atoms with Crippen LogP contribution in [0.15, 0.2) is 16.9 Å². The van der Waals surface area contributed by atoms with E-state index in [0.717, 1.165) is 25.3 Å². The Morgan fingerprint density at radius 1 is 1.43 bits per heavy atom. The highest BCUT2D eigenvalue weighted by Gasteiger charge is 2.32. The summed E-state index contributed by atoms with van der Waals surface area (Å²) in [5.74, 6) is -0.164. The maximum Gasteiger partial charge on any atom is 0.251 e. The number of aliphatic hydroxyl groups is 1. The summed E-state index contributed by atoms with van der Waals surface area (Å²) < 4.78 is 0. The van der Waals surface area contributed by atoms with E-state index in [4.69, 9.17) is 0 Å². The molecule has 1 fully saturated rings. The van der Waals surface area contributed by atoms with Crippen molar-refractivity contribution in [3.05, 3.63) is 28.0 Å². The van der Waals surface area contributed by atoms with Crippen molar-refractivity contribution < 1.29 is 15.0 Å². The number of hydrogen-bond acceptors (Lipinski definition) is 4. The first-order valence-electron chi connectivity index (χ1n) is 7.36. The third kappa shape index (κ3) is 4.07. The molecule has 0 aromatic carbocycles. The van der Waals surface area contributed by atoms with E-state index in [1.54, 1.807) is 0 Å². The van der Waals surface area contributed by atoms with Crippen LogP contribution in [0.3, 0.4) is 0 Å². The van der Waals surface area contributed by atoms with Crippen molar-refractivity contribution in [2.24, 2.45) is 5.92 Å². The first-order valence-corrected chi connectivity index (χ1v) is 7.36. The fourth-order valence-corrected chi connectivity index (χ4v) is 2.81. The van der Waals surface area contributed by atoms with E-state index in [1.807, 2.05) is 0 Å². The first kappa shape index (κ1) is 15.6. The summed E-state index contributed by atoms with van der Waals surface area (Å²) in [5, 5.41) is 22.4. The second-order valence-corrected chi connectivity index (χ2v) is 5.88. The monoisotopic (exact) mass is 294 g/mol. The smallest absolute Gasteiger partial charge is 0.251 e. The quantitative estimate of drug-likeness (QED) is 0.668. The van der Waals surface area contributed by atoms with E-state index in [-0.39, 0.29) is 18.0 Å². The number of aromatic hydroxyl groups is 1. The summed E-state index contributed by atoms with van der Waals surface area (Å²) in [6.45, 7) is 2.31. The second-order valence-electron chi connectivity index (χ2n) is 5.88. The number of rotatable bonds is 4. The topological polar surface area (TPSA) is 102 Å². The van der Waals surface area contributed by atoms with Gasteiger partial charge in [-0.1, -0.05) is 13.3 Å². The fraction of sp³-hybridized carbons (Fsp3) is 0.600. The van der Waals surface area contributed by atoms with Crippen molar-refractivity contribution >= 4 is 5.91 Å². The molecule has 1 aromatic rings. The molecule has 1 heterocycles. The van der Waals surface area contributed by atoms with E-state index in [0.29, 0.717) is 18.8 Å². The van der Waals surface area contributed by atoms with Gasteiger partial charge in [0.1, 0.15) is 0 Å². The summed E-state index contributed by atoms with van der Waals surface area (Å²) in [6, 6.07) is 2.31. The minimum absolute atomic E-state index is 0.0853. The number of nitrogens with one attached hydrogen (secondary N) is 2. The third-order valence-electron chi connectivity index (χ3n) is 4.28. The van der Waals surface area contributed by atoms with Gasteiger partial charge in [0.05, 0.1) is 11.2 Å². The van der Waals surface area contributed by atoms with Gasteiger partial charge in [-0.15, -0.1) is 0 Å². The molecule has 2 rings (SSSR count). The third-order valence-corrected chi connectivity index (χ3v) is 4.28. The lowest BCUT2D eigenvalue weighted by Crippen LogP contribution is -2.45. The zero-order chi connectivity index (χ0) is 15.5. The van der Waals surface area contributed by atoms with Crippen LogP contribution in [0.4, 0.5) is 0 Å². The van der Waals surface area contributed by atoms with Gasteiger partial charge in [-0.25, -0.2) is 0 Å². The Morgan fingerprint density at radius 2 is 2.10 bits per heavy atom. The molecule has 116 valence electrons. The van der Waals surface area contributed by atoms with Gasteiger partial charge in [-0.2, -0.15) is 0 Å². The summed E-state index contributed by atoms with van der Waals surface area (Å²) in [6.07, 6.45) is 4.40. The van der Waals surface area contributed by atoms with Crippen LogP contribution < -0.4 is 10.9 Å². The van der Waals surface area contributed by atoms with Gasteiger partial charge in [-0.05, 0) is 31.6 Å². The minimum Gasteiger partial charge on any atom is -0.494 e. The average molecular weight is 294 g/mol. The van der Waals surface area contributed by atoms with Gasteiger partial charge in [0.15, 0.2) is 5.88 Å². The summed E-state index contributed by atoms with van der Waals surface area (Å²) in [7, 11) is 0. The van der Waals surface area contributed by atoms with Gasteiger partial charge in [0.2, 0.25) is 0 Å². The molecule has 0 aliphatic heterocycles. The predicted molar refractivity (Wildman–Crippen MR) is 78.3 cm³/mol. The van der Waals surface area contributed by atoms with Crippen LogP contribution in [0.25, 0.3) is 0 Å². The molecule has 0 unspecified atom stereocenters. The Morgan fingerprint density at radius 3 is 2.67 bits per heavy atom. The minimum atomic E-state index is -0.870. The number of carbonyl (C=O) groups is 1. The van der Waals surface area contributed by atoms with Crippen molar-refractivity contribution in [2.45, 2.75) is 44.6 Å². The van der Waals surface area contributed by atoms with Gasteiger partial charge in [0.25, 0.3) is 11.5 Å². The van der Waals surface area contributed by atoms with Gasteiger partial charge in [-0.3, -0.25) is 14.6 Å². The van der Waals surface area contributed by atoms with Crippen molar-refractivity contribution in [1.82, 2.24) is 10.3 Å². The van der Waals surface area contributed by atoms with Crippen LogP contribution in [-0.2, 0) is 0 Å². The maximum absolute atomic E-state index is 12.0. The van der Waals surface area contributed by atoms with E-state index < -0.39 is 17.1 Å². The van der Waals surface area contributed by atoms with Gasteiger partial charge >= 0.3 is 0 Å². The standard InChI is InChI=1S/C15H22N2O4/c1-2-10-3-5-15(21,6-4-10)9-16-14(20)11-7-12(18)17-13(19)8-11/h7-8,10,21H,2-6,9H2,1H3,(H,16,20)(H2,17,18,19). The molecule has 0 bridgehead atoms. The largest absolute Gasteiger partial charge is 0.494 e. The van der Waals surface area contributed by atoms with Crippen LogP contribution in [-0.4, -0.2) is 33.3 Å². The number of aromatic amines is 1. The van der Waals surface area contributed by atoms with Crippen LogP contribution in [0.5, 0.6) is 5.88 Å². The number of amides is 1. The lowest BCUT2D eigenvalue weighted by Gasteiger charge is -2.35. The Kier molecular flexibility index (Phi) is 4.67. The zero-order valence-corrected chi connectivity index (χ0v) is 12.2. The molecule has 1 saturated carbocycles. The summed E-state index contributed by atoms with van der Waals surface area (Å²) >= 11 is 0. The van der Waals surface area contributed by atoms with Crippen molar-refractivity contribution in [2.75, 3.05) is 6.54 Å². The molecule has 0 saturated heterocycles. The lowest BCUT2D eigenvalue weighted by atomic mass is 9.78. The number of aromatic nitrogens is 1. The van der Waals surface area contributed by atoms with Crippen molar-refractivity contribution in [1.29, 1.82) is 0 Å². The lowest BCUT2D eigenvalue weighted by molar-refractivity contribution is -0.00786. The SMILES string of the molecule is CCC1CCC(O)(CNC(=O)c2cc(O)[nH]c(=O)c2)CC1. The molecule has 1 aliphatic rings. The molecule has 6 heteroatoms. The number of H-pyrrole nitrogens is 1. The predicted octanol–water partition coefficient (Wildman–Crippen LogP) is 1.14. The molecule has 21 heavy (non-hydrogen) atoms. The average Bonchev–Trinajstić information content (AvgIpc) is 2.45. The van der Waals surface area contributed by atoms with Crippen molar-refractivity contribution in [3.63, 3.8) is 0 Å². The summed E-state index contributed by atoms with van der Waals surface area (Å²) in [4.78, 5) is 25.3. The van der Waals surface area contributed by atoms with E-state index in [9.17, 15) is 19.8 Å². The molecular formula is C15H22N2O4. The Bertz CT molecular complexity index is 559. The first-order chi connectivity index (χ1) is 9.92. The Balaban J connectivity index is 1.93. The fourth-order valence-electron chi connectivity index (χ4n) is 2.81. The van der Waals surface area contributed by atoms with Gasteiger partial charge < -0.3 is 15.5 Å². The van der Waals surface area contributed by atoms with Crippen molar-refractivity contribution in [3.8, 4) is 5.88 Å². The molecule has 0 radical (unpaired) electrons. The van der Waals surface area contributed by atoms with Gasteiger partial charge in [0, 0.05) is 18.7 Å². The van der Waals surface area contributed by atoms with Crippen LogP contribution in [0.1, 0.15) is 49.4 Å². The normalized spacial score (nSPS) is 25.5. The maximum atomic E-state index is 12.0. The highest BCUT2D eigenvalue weighted by atomic mass is 16.3.